The summed E-state index contributed by atoms with van der Waals surface area (Å²) in [6, 6.07) is 4.10. The molecule has 2 heterocycles. The van der Waals surface area contributed by atoms with Gasteiger partial charge in [0.2, 0.25) is 0 Å². The molecule has 3 rings (SSSR count). The first-order valence-electron chi connectivity index (χ1n) is 5.25. The van der Waals surface area contributed by atoms with Gasteiger partial charge in [-0.05, 0) is 24.5 Å². The molecule has 1 atom stereocenters. The Kier molecular flexibility index (Phi) is 2.33. The maximum atomic E-state index is 6.09. The highest BCUT2D eigenvalue weighted by atomic mass is 35.5. The van der Waals surface area contributed by atoms with Crippen molar-refractivity contribution in [3.8, 4) is 0 Å². The molecule has 0 bridgehead atoms. The van der Waals surface area contributed by atoms with Gasteiger partial charge in [-0.3, -0.25) is 4.98 Å². The van der Waals surface area contributed by atoms with Gasteiger partial charge >= 0.3 is 0 Å². The van der Waals surface area contributed by atoms with Crippen LogP contribution in [-0.4, -0.2) is 15.0 Å². The number of rotatable bonds is 1. The van der Waals surface area contributed by atoms with E-state index in [9.17, 15) is 0 Å². The summed E-state index contributed by atoms with van der Waals surface area (Å²) in [7, 11) is 0. The molecule has 0 aromatic carbocycles. The fraction of sp³-hybridized carbons (Fsp3) is 0.250. The van der Waals surface area contributed by atoms with Gasteiger partial charge in [0, 0.05) is 23.9 Å². The van der Waals surface area contributed by atoms with Gasteiger partial charge in [0.05, 0.1) is 5.69 Å². The standard InChI is InChI=1S/C12H10ClN3/c13-12-10(6-14-7-16-12)9-4-3-8-2-1-5-15-11(8)9/h1-2,5-7,9H,3-4H2. The molecule has 0 aliphatic heterocycles. The van der Waals surface area contributed by atoms with Crippen LogP contribution in [0.2, 0.25) is 5.15 Å². The van der Waals surface area contributed by atoms with E-state index in [2.05, 4.69) is 21.0 Å². The minimum absolute atomic E-state index is 0.255. The Morgan fingerprint density at radius 1 is 1.31 bits per heavy atom. The molecule has 0 amide bonds. The van der Waals surface area contributed by atoms with Crippen molar-refractivity contribution in [3.05, 3.63) is 52.8 Å². The lowest BCUT2D eigenvalue weighted by atomic mass is 10.00. The molecule has 2 aromatic heterocycles. The van der Waals surface area contributed by atoms with Crippen LogP contribution in [0.4, 0.5) is 0 Å². The number of pyridine rings is 1. The summed E-state index contributed by atoms with van der Waals surface area (Å²) < 4.78 is 0. The predicted molar refractivity (Wildman–Crippen MR) is 61.4 cm³/mol. The van der Waals surface area contributed by atoms with E-state index < -0.39 is 0 Å². The number of hydrogen-bond acceptors (Lipinski definition) is 3. The fourth-order valence-electron chi connectivity index (χ4n) is 2.27. The lowest BCUT2D eigenvalue weighted by Crippen LogP contribution is -2.01. The van der Waals surface area contributed by atoms with Crippen molar-refractivity contribution >= 4 is 11.6 Å². The molecule has 16 heavy (non-hydrogen) atoms. The Hall–Kier alpha value is -1.48. The second-order valence-corrected chi connectivity index (χ2v) is 4.27. The van der Waals surface area contributed by atoms with E-state index in [0.29, 0.717) is 5.15 Å². The third kappa shape index (κ3) is 1.48. The van der Waals surface area contributed by atoms with Gasteiger partial charge in [0.15, 0.2) is 0 Å². The minimum atomic E-state index is 0.255. The van der Waals surface area contributed by atoms with Crippen LogP contribution in [0.5, 0.6) is 0 Å². The SMILES string of the molecule is Clc1ncncc1C1CCc2cccnc21. The molecule has 0 fully saturated rings. The van der Waals surface area contributed by atoms with Gasteiger partial charge in [-0.2, -0.15) is 0 Å². The number of fused-ring (bicyclic) bond motifs is 1. The summed E-state index contributed by atoms with van der Waals surface area (Å²) in [5, 5.41) is 0.540. The van der Waals surface area contributed by atoms with Crippen molar-refractivity contribution in [2.45, 2.75) is 18.8 Å². The summed E-state index contributed by atoms with van der Waals surface area (Å²) in [6.07, 6.45) is 7.19. The Bertz CT molecular complexity index is 527. The topological polar surface area (TPSA) is 38.7 Å². The highest BCUT2D eigenvalue weighted by molar-refractivity contribution is 6.30. The van der Waals surface area contributed by atoms with Crippen LogP contribution in [0.15, 0.2) is 30.9 Å². The molecule has 1 unspecified atom stereocenters. The lowest BCUT2D eigenvalue weighted by molar-refractivity contribution is 0.762. The van der Waals surface area contributed by atoms with E-state index in [4.69, 9.17) is 11.6 Å². The summed E-state index contributed by atoms with van der Waals surface area (Å²) in [5.41, 5.74) is 3.42. The van der Waals surface area contributed by atoms with Crippen LogP contribution < -0.4 is 0 Å². The van der Waals surface area contributed by atoms with Crippen molar-refractivity contribution in [3.63, 3.8) is 0 Å². The largest absolute Gasteiger partial charge is 0.260 e. The Morgan fingerprint density at radius 3 is 3.12 bits per heavy atom. The van der Waals surface area contributed by atoms with E-state index in [0.717, 1.165) is 24.1 Å². The third-order valence-electron chi connectivity index (χ3n) is 3.02. The lowest BCUT2D eigenvalue weighted by Gasteiger charge is -2.10. The van der Waals surface area contributed by atoms with Crippen LogP contribution in [-0.2, 0) is 6.42 Å². The van der Waals surface area contributed by atoms with Crippen molar-refractivity contribution < 1.29 is 0 Å². The van der Waals surface area contributed by atoms with Gasteiger partial charge in [-0.15, -0.1) is 0 Å². The van der Waals surface area contributed by atoms with Crippen molar-refractivity contribution in [1.29, 1.82) is 0 Å². The Morgan fingerprint density at radius 2 is 2.25 bits per heavy atom. The molecule has 3 nitrogen and oxygen atoms in total. The Balaban J connectivity index is 2.08. The summed E-state index contributed by atoms with van der Waals surface area (Å²) in [6.45, 7) is 0. The second kappa shape index (κ2) is 3.83. The molecular formula is C12H10ClN3. The molecule has 0 spiro atoms. The van der Waals surface area contributed by atoms with Crippen LogP contribution in [0.3, 0.4) is 0 Å². The number of nitrogens with zero attached hydrogens (tertiary/aromatic N) is 3. The second-order valence-electron chi connectivity index (χ2n) is 3.91. The highest BCUT2D eigenvalue weighted by Crippen LogP contribution is 2.38. The number of aryl methyl sites for hydroxylation is 1. The van der Waals surface area contributed by atoms with E-state index in [1.807, 2.05) is 12.3 Å². The zero-order chi connectivity index (χ0) is 11.0. The van der Waals surface area contributed by atoms with Gasteiger partial charge in [-0.25, -0.2) is 9.97 Å². The van der Waals surface area contributed by atoms with Crippen LogP contribution in [0.1, 0.15) is 29.2 Å². The van der Waals surface area contributed by atoms with Crippen molar-refractivity contribution in [2.75, 3.05) is 0 Å². The molecule has 0 saturated carbocycles. The number of halogens is 1. The molecule has 0 N–H and O–H groups in total. The third-order valence-corrected chi connectivity index (χ3v) is 3.34. The van der Waals surface area contributed by atoms with Crippen molar-refractivity contribution in [2.24, 2.45) is 0 Å². The van der Waals surface area contributed by atoms with E-state index in [1.165, 1.54) is 11.9 Å². The van der Waals surface area contributed by atoms with Gasteiger partial charge in [-0.1, -0.05) is 17.7 Å². The maximum Gasteiger partial charge on any atom is 0.136 e. The molecule has 2 aromatic rings. The molecule has 0 radical (unpaired) electrons. The van der Waals surface area contributed by atoms with Gasteiger partial charge < -0.3 is 0 Å². The molecule has 0 saturated heterocycles. The predicted octanol–water partition coefficient (Wildman–Crippen LogP) is 2.60. The number of aromatic nitrogens is 3. The van der Waals surface area contributed by atoms with E-state index in [1.54, 1.807) is 6.20 Å². The van der Waals surface area contributed by atoms with E-state index >= 15 is 0 Å². The van der Waals surface area contributed by atoms with Gasteiger partial charge in [0.25, 0.3) is 0 Å². The number of hydrogen-bond donors (Lipinski definition) is 0. The average Bonchev–Trinajstić information content (AvgIpc) is 2.74. The fourth-order valence-corrected chi connectivity index (χ4v) is 2.50. The van der Waals surface area contributed by atoms with Crippen molar-refractivity contribution in [1.82, 2.24) is 15.0 Å². The smallest absolute Gasteiger partial charge is 0.136 e. The average molecular weight is 232 g/mol. The maximum absolute atomic E-state index is 6.09. The van der Waals surface area contributed by atoms with Gasteiger partial charge in [0.1, 0.15) is 11.5 Å². The summed E-state index contributed by atoms with van der Waals surface area (Å²) in [4.78, 5) is 12.5. The van der Waals surface area contributed by atoms with Crippen LogP contribution in [0, 0.1) is 0 Å². The first-order valence-corrected chi connectivity index (χ1v) is 5.63. The quantitative estimate of drug-likeness (QED) is 0.709. The van der Waals surface area contributed by atoms with E-state index in [-0.39, 0.29) is 5.92 Å². The molecular weight excluding hydrogens is 222 g/mol. The molecule has 80 valence electrons. The first kappa shape index (κ1) is 9.73. The first-order chi connectivity index (χ1) is 7.86. The highest BCUT2D eigenvalue weighted by Gasteiger charge is 2.27. The molecule has 1 aliphatic rings. The summed E-state index contributed by atoms with van der Waals surface area (Å²) in [5.74, 6) is 0.255. The minimum Gasteiger partial charge on any atom is -0.260 e. The zero-order valence-electron chi connectivity index (χ0n) is 8.60. The molecule has 1 aliphatic carbocycles. The van der Waals surface area contributed by atoms with Crippen LogP contribution in [0.25, 0.3) is 0 Å². The summed E-state index contributed by atoms with van der Waals surface area (Å²) >= 11 is 6.09. The Labute approximate surface area is 98.5 Å². The molecule has 4 heteroatoms. The normalized spacial score (nSPS) is 18.4. The zero-order valence-corrected chi connectivity index (χ0v) is 9.35. The van der Waals surface area contributed by atoms with Crippen LogP contribution >= 0.6 is 11.6 Å². The monoisotopic (exact) mass is 231 g/mol.